The minimum Gasteiger partial charge on any atom is -0.349 e. The molecule has 0 radical (unpaired) electrons. The third kappa shape index (κ3) is 3.03. The largest absolute Gasteiger partial charge is 0.349 e. The molecule has 5 rings (SSSR count). The van der Waals surface area contributed by atoms with Gasteiger partial charge in [-0.25, -0.2) is 0 Å². The Labute approximate surface area is 178 Å². The Hall–Kier alpha value is -2.37. The number of hydrogen-bond donors (Lipinski definition) is 1. The van der Waals surface area contributed by atoms with E-state index in [1.54, 1.807) is 4.90 Å². The Kier molecular flexibility index (Phi) is 4.83. The molecule has 0 aromatic heterocycles. The molecule has 2 aliphatic carbocycles. The highest BCUT2D eigenvalue weighted by Crippen LogP contribution is 2.48. The molecule has 3 amide bonds. The highest BCUT2D eigenvalue weighted by atomic mass is 16.2. The highest BCUT2D eigenvalue weighted by Gasteiger charge is 2.52. The van der Waals surface area contributed by atoms with E-state index in [2.05, 4.69) is 5.32 Å². The van der Waals surface area contributed by atoms with Gasteiger partial charge in [-0.05, 0) is 62.3 Å². The second-order valence-corrected chi connectivity index (χ2v) is 9.59. The van der Waals surface area contributed by atoms with Crippen molar-refractivity contribution in [2.24, 2.45) is 5.92 Å². The van der Waals surface area contributed by atoms with Crippen LogP contribution in [0, 0.1) is 5.92 Å². The van der Waals surface area contributed by atoms with Crippen LogP contribution in [-0.4, -0.2) is 48.8 Å². The lowest BCUT2D eigenvalue weighted by atomic mass is 9.72. The van der Waals surface area contributed by atoms with Gasteiger partial charge in [0, 0.05) is 43.3 Å². The number of amides is 3. The summed E-state index contributed by atoms with van der Waals surface area (Å²) >= 11 is 0. The van der Waals surface area contributed by atoms with Gasteiger partial charge in [0.2, 0.25) is 11.8 Å². The van der Waals surface area contributed by atoms with Crippen molar-refractivity contribution in [2.45, 2.75) is 69.2 Å². The maximum atomic E-state index is 13.3. The van der Waals surface area contributed by atoms with Gasteiger partial charge in [0.15, 0.2) is 0 Å². The van der Waals surface area contributed by atoms with E-state index in [1.807, 2.05) is 30.1 Å². The first-order valence-electron chi connectivity index (χ1n) is 11.5. The standard InChI is InChI=1S/C24H31N3O3/c1-26-20-10-9-17(21(28)25-18-7-2-3-8-18)15-19(20)24(23(26)30)11-13-27(14-12-24)22(29)16-5-4-6-16/h9-10,15-16,18H,2-8,11-14H2,1H3,(H,25,28). The lowest BCUT2D eigenvalue weighted by molar-refractivity contribution is -0.141. The SMILES string of the molecule is CN1C(=O)C2(CCN(C(=O)C3CCC3)CC2)c2cc(C(=O)NC3CCCC3)ccc21. The first-order chi connectivity index (χ1) is 14.5. The summed E-state index contributed by atoms with van der Waals surface area (Å²) in [5.41, 5.74) is 1.89. The van der Waals surface area contributed by atoms with Crippen LogP contribution in [0.25, 0.3) is 0 Å². The molecule has 0 atom stereocenters. The van der Waals surface area contributed by atoms with Gasteiger partial charge in [0.05, 0.1) is 5.41 Å². The van der Waals surface area contributed by atoms with Crippen LogP contribution >= 0.6 is 0 Å². The molecular formula is C24H31N3O3. The van der Waals surface area contributed by atoms with E-state index in [0.717, 1.165) is 43.4 Å². The summed E-state index contributed by atoms with van der Waals surface area (Å²) in [5.74, 6) is 0.514. The normalized spacial score (nSPS) is 23.6. The van der Waals surface area contributed by atoms with E-state index < -0.39 is 5.41 Å². The summed E-state index contributed by atoms with van der Waals surface area (Å²) in [6, 6.07) is 5.95. The van der Waals surface area contributed by atoms with E-state index in [-0.39, 0.29) is 29.7 Å². The number of likely N-dealkylation sites (N-methyl/N-ethyl adjacent to an activating group) is 1. The fraction of sp³-hybridized carbons (Fsp3) is 0.625. The number of likely N-dealkylation sites (tertiary alicyclic amines) is 1. The number of piperidine rings is 1. The van der Waals surface area contributed by atoms with Crippen LogP contribution in [0.15, 0.2) is 18.2 Å². The number of fused-ring (bicyclic) bond motifs is 2. The summed E-state index contributed by atoms with van der Waals surface area (Å²) < 4.78 is 0. The second kappa shape index (κ2) is 7.40. The first kappa shape index (κ1) is 19.6. The number of rotatable bonds is 3. The topological polar surface area (TPSA) is 69.7 Å². The molecule has 1 aromatic rings. The number of carbonyl (C=O) groups excluding carboxylic acids is 3. The molecule has 6 heteroatoms. The van der Waals surface area contributed by atoms with Crippen molar-refractivity contribution < 1.29 is 14.4 Å². The Morgan fingerprint density at radius 3 is 2.37 bits per heavy atom. The molecule has 1 aromatic carbocycles. The maximum Gasteiger partial charge on any atom is 0.251 e. The van der Waals surface area contributed by atoms with Gasteiger partial charge >= 0.3 is 0 Å². The fourth-order valence-corrected chi connectivity index (χ4v) is 5.74. The van der Waals surface area contributed by atoms with Crippen LogP contribution in [0.1, 0.15) is 73.7 Å². The van der Waals surface area contributed by atoms with E-state index in [0.29, 0.717) is 31.5 Å². The summed E-state index contributed by atoms with van der Waals surface area (Å²) in [5, 5.41) is 3.16. The Bertz CT molecular complexity index is 878. The second-order valence-electron chi connectivity index (χ2n) is 9.59. The average molecular weight is 410 g/mol. The Morgan fingerprint density at radius 2 is 1.73 bits per heavy atom. The van der Waals surface area contributed by atoms with Gasteiger partial charge in [-0.15, -0.1) is 0 Å². The number of nitrogens with one attached hydrogen (secondary N) is 1. The summed E-state index contributed by atoms with van der Waals surface area (Å²) in [6.45, 7) is 1.24. The van der Waals surface area contributed by atoms with Crippen molar-refractivity contribution in [1.82, 2.24) is 10.2 Å². The molecule has 2 heterocycles. The van der Waals surface area contributed by atoms with Crippen molar-refractivity contribution in [3.63, 3.8) is 0 Å². The van der Waals surface area contributed by atoms with Gasteiger partial charge < -0.3 is 15.1 Å². The molecule has 1 saturated heterocycles. The molecule has 0 unspecified atom stereocenters. The zero-order valence-electron chi connectivity index (χ0n) is 17.8. The van der Waals surface area contributed by atoms with Crippen LogP contribution < -0.4 is 10.2 Å². The third-order valence-corrected chi connectivity index (χ3v) is 7.92. The smallest absolute Gasteiger partial charge is 0.251 e. The van der Waals surface area contributed by atoms with Crippen LogP contribution in [0.2, 0.25) is 0 Å². The van der Waals surface area contributed by atoms with Gasteiger partial charge in [-0.2, -0.15) is 0 Å². The average Bonchev–Trinajstić information content (AvgIpc) is 3.29. The van der Waals surface area contributed by atoms with Crippen LogP contribution in [0.5, 0.6) is 0 Å². The summed E-state index contributed by atoms with van der Waals surface area (Å²) in [4.78, 5) is 42.5. The number of hydrogen-bond acceptors (Lipinski definition) is 3. The van der Waals surface area contributed by atoms with Crippen LogP contribution in [0.3, 0.4) is 0 Å². The van der Waals surface area contributed by atoms with Crippen molar-refractivity contribution in [3.05, 3.63) is 29.3 Å². The number of nitrogens with zero attached hydrogens (tertiary/aromatic N) is 2. The molecule has 4 aliphatic rings. The molecule has 160 valence electrons. The molecule has 2 aliphatic heterocycles. The predicted octanol–water partition coefficient (Wildman–Crippen LogP) is 3.00. The summed E-state index contributed by atoms with van der Waals surface area (Å²) in [6.07, 6.45) is 8.87. The Balaban J connectivity index is 1.37. The quantitative estimate of drug-likeness (QED) is 0.834. The molecule has 1 spiro atoms. The van der Waals surface area contributed by atoms with E-state index in [1.165, 1.54) is 12.8 Å². The van der Waals surface area contributed by atoms with Crippen LogP contribution in [0.4, 0.5) is 5.69 Å². The van der Waals surface area contributed by atoms with Gasteiger partial charge in [0.1, 0.15) is 0 Å². The predicted molar refractivity (Wildman–Crippen MR) is 114 cm³/mol. The number of benzene rings is 1. The van der Waals surface area contributed by atoms with Crippen molar-refractivity contribution >= 4 is 23.4 Å². The lowest BCUT2D eigenvalue weighted by Gasteiger charge is -2.40. The highest BCUT2D eigenvalue weighted by molar-refractivity contribution is 6.09. The zero-order valence-corrected chi connectivity index (χ0v) is 17.8. The molecule has 2 saturated carbocycles. The first-order valence-corrected chi connectivity index (χ1v) is 11.5. The van der Waals surface area contributed by atoms with Crippen LogP contribution in [-0.2, 0) is 15.0 Å². The molecule has 6 nitrogen and oxygen atoms in total. The maximum absolute atomic E-state index is 13.3. The van der Waals surface area contributed by atoms with Crippen molar-refractivity contribution in [1.29, 1.82) is 0 Å². The van der Waals surface area contributed by atoms with Gasteiger partial charge in [-0.3, -0.25) is 14.4 Å². The molecule has 30 heavy (non-hydrogen) atoms. The van der Waals surface area contributed by atoms with Gasteiger partial charge in [0.25, 0.3) is 5.91 Å². The molecule has 1 N–H and O–H groups in total. The molecular weight excluding hydrogens is 378 g/mol. The van der Waals surface area contributed by atoms with Crippen molar-refractivity contribution in [3.8, 4) is 0 Å². The van der Waals surface area contributed by atoms with Crippen molar-refractivity contribution in [2.75, 3.05) is 25.0 Å². The van der Waals surface area contributed by atoms with E-state index >= 15 is 0 Å². The molecule has 3 fully saturated rings. The number of anilines is 1. The minimum atomic E-state index is -0.607. The monoisotopic (exact) mass is 409 g/mol. The fourth-order valence-electron chi connectivity index (χ4n) is 5.74. The minimum absolute atomic E-state index is 0.0422. The lowest BCUT2D eigenvalue weighted by Crippen LogP contribution is -2.51. The molecule has 0 bridgehead atoms. The number of carbonyl (C=O) groups is 3. The third-order valence-electron chi connectivity index (χ3n) is 7.92. The Morgan fingerprint density at radius 1 is 1.03 bits per heavy atom. The zero-order chi connectivity index (χ0) is 20.9. The van der Waals surface area contributed by atoms with Gasteiger partial charge in [-0.1, -0.05) is 19.3 Å². The summed E-state index contributed by atoms with van der Waals surface area (Å²) in [7, 11) is 1.82. The van der Waals surface area contributed by atoms with E-state index in [9.17, 15) is 14.4 Å². The van der Waals surface area contributed by atoms with E-state index in [4.69, 9.17) is 0 Å².